The summed E-state index contributed by atoms with van der Waals surface area (Å²) in [6, 6.07) is 0. The number of rotatable bonds is 3. The van der Waals surface area contributed by atoms with E-state index in [0.717, 1.165) is 0 Å². The van der Waals surface area contributed by atoms with Crippen LogP contribution in [-0.4, -0.2) is 21.7 Å². The van der Waals surface area contributed by atoms with Crippen LogP contribution in [0.2, 0.25) is 0 Å². The quantitative estimate of drug-likeness (QED) is 0.320. The third-order valence-electron chi connectivity index (χ3n) is 0.664. The predicted octanol–water partition coefficient (Wildman–Crippen LogP) is -0.176. The summed E-state index contributed by atoms with van der Waals surface area (Å²) in [7, 11) is 0. The average molecular weight is 341 g/mol. The van der Waals surface area contributed by atoms with E-state index >= 15 is 0 Å². The molecule has 0 aromatic rings. The number of thiocarbonyl (C=S) groups is 2. The zero-order valence-electron chi connectivity index (χ0n) is 6.46. The summed E-state index contributed by atoms with van der Waals surface area (Å²) in [6.07, 6.45) is 0. The van der Waals surface area contributed by atoms with E-state index in [9.17, 15) is 0 Å². The molecule has 0 radical (unpaired) electrons. The van der Waals surface area contributed by atoms with Crippen molar-refractivity contribution in [3.63, 3.8) is 0 Å². The monoisotopic (exact) mass is 338 g/mol. The van der Waals surface area contributed by atoms with Crippen LogP contribution in [0.5, 0.6) is 0 Å². The van der Waals surface area contributed by atoms with E-state index in [1.807, 2.05) is 0 Å². The van der Waals surface area contributed by atoms with E-state index < -0.39 is 0 Å². The Hall–Kier alpha value is 1.47. The molecule has 8 heteroatoms. The molecule has 0 heterocycles. The molecule has 0 aromatic heterocycles. The van der Waals surface area contributed by atoms with Gasteiger partial charge in [-0.2, -0.15) is 0 Å². The minimum atomic E-state index is 0. The average Bonchev–Trinajstić information content (AvgIpc) is 1.79. The van der Waals surface area contributed by atoms with Gasteiger partial charge in [0.25, 0.3) is 0 Å². The van der Waals surface area contributed by atoms with Crippen molar-refractivity contribution in [2.24, 2.45) is 0 Å². The Labute approximate surface area is 120 Å². The van der Waals surface area contributed by atoms with E-state index in [0.29, 0.717) is 21.7 Å². The maximum atomic E-state index is 4.59. The number of hydrogen-bond acceptors (Lipinski definition) is 4. The Morgan fingerprint density at radius 2 is 1.17 bits per heavy atom. The minimum Gasteiger partial charge on any atom is -0.412 e. The summed E-state index contributed by atoms with van der Waals surface area (Å²) in [5.41, 5.74) is 0. The summed E-state index contributed by atoms with van der Waals surface area (Å²) in [6.45, 7) is 1.33. The Morgan fingerprint density at radius 3 is 1.33 bits per heavy atom. The van der Waals surface area contributed by atoms with Crippen molar-refractivity contribution < 1.29 is 39.0 Å². The summed E-state index contributed by atoms with van der Waals surface area (Å²) < 4.78 is 0.745. The first kappa shape index (κ1) is 19.1. The normalized spacial score (nSPS) is 7.00. The molecule has 0 aliphatic rings. The molecule has 0 aliphatic carbocycles. The van der Waals surface area contributed by atoms with Crippen LogP contribution in [-0.2, 0) is 64.2 Å². The van der Waals surface area contributed by atoms with Crippen molar-refractivity contribution in [3.05, 3.63) is 0 Å². The van der Waals surface area contributed by atoms with Crippen molar-refractivity contribution in [2.75, 3.05) is 13.1 Å². The summed E-state index contributed by atoms with van der Waals surface area (Å²) in [4.78, 5) is 0. The molecule has 0 bridgehead atoms. The molecule has 0 amide bonds. The largest absolute Gasteiger partial charge is 0.412 e. The third-order valence-corrected chi connectivity index (χ3v) is 1.24. The fourth-order valence-electron chi connectivity index (χ4n) is 0.329. The molecule has 0 atom stereocenters. The Morgan fingerprint density at radius 1 is 0.917 bits per heavy atom. The van der Waals surface area contributed by atoms with Crippen molar-refractivity contribution >= 4 is 58.3 Å². The first-order valence-electron chi connectivity index (χ1n) is 2.52. The van der Waals surface area contributed by atoms with E-state index in [4.69, 9.17) is 0 Å². The van der Waals surface area contributed by atoms with Crippen LogP contribution in [0, 0.1) is 0 Å². The van der Waals surface area contributed by atoms with E-state index in [2.05, 4.69) is 60.3 Å². The van der Waals surface area contributed by atoms with Crippen LogP contribution in [0.3, 0.4) is 0 Å². The molecule has 0 aliphatic heterocycles. The van der Waals surface area contributed by atoms with Gasteiger partial charge in [0.1, 0.15) is 0 Å². The van der Waals surface area contributed by atoms with E-state index in [-0.39, 0.29) is 39.0 Å². The molecule has 62 valence electrons. The molecule has 0 spiro atoms. The van der Waals surface area contributed by atoms with Gasteiger partial charge < -0.3 is 60.3 Å². The van der Waals surface area contributed by atoms with Gasteiger partial charge in [-0.25, -0.2) is 0 Å². The van der Waals surface area contributed by atoms with Gasteiger partial charge in [0.2, 0.25) is 0 Å². The van der Waals surface area contributed by atoms with Gasteiger partial charge in [0, 0.05) is 52.0 Å². The second-order valence-electron chi connectivity index (χ2n) is 1.43. The Balaban J connectivity index is -0.000000405. The zero-order valence-corrected chi connectivity index (χ0v) is 15.7. The molecule has 0 aromatic carbocycles. The van der Waals surface area contributed by atoms with Crippen LogP contribution >= 0.6 is 24.4 Å². The molecule has 0 fully saturated rings. The van der Waals surface area contributed by atoms with Crippen LogP contribution in [0.15, 0.2) is 0 Å². The summed E-state index contributed by atoms with van der Waals surface area (Å²) in [5, 5.41) is 5.56. The maximum absolute atomic E-state index is 4.59. The van der Waals surface area contributed by atoms with Gasteiger partial charge in [0.15, 0.2) is 0 Å². The van der Waals surface area contributed by atoms with Crippen molar-refractivity contribution in [2.45, 2.75) is 0 Å². The van der Waals surface area contributed by atoms with Gasteiger partial charge >= 0.3 is 0 Å². The molecule has 0 saturated carbocycles. The van der Waals surface area contributed by atoms with Crippen molar-refractivity contribution in [1.82, 2.24) is 10.6 Å². The van der Waals surface area contributed by atoms with Gasteiger partial charge in [-0.05, 0) is 0 Å². The number of nitrogens with one attached hydrogen (secondary N) is 2. The topological polar surface area (TPSA) is 24.1 Å². The molecule has 0 saturated heterocycles. The first-order chi connectivity index (χ1) is 4.63. The van der Waals surface area contributed by atoms with Gasteiger partial charge in [-0.1, -0.05) is 8.64 Å². The van der Waals surface area contributed by atoms with Crippen molar-refractivity contribution in [3.8, 4) is 0 Å². The standard InChI is InChI=1S/C4H8N2S4.2Zn/c7-3(8)5-1-2-6-4(9)10;;/h1-2H2,(H2,5,7,8)(H2,6,9,10);;/p-2. The Kier molecular flexibility index (Phi) is 19.8. The molecular formula is C4H6N2S4Zn2-2. The van der Waals surface area contributed by atoms with Crippen LogP contribution in [0.4, 0.5) is 0 Å². The zero-order chi connectivity index (χ0) is 7.98. The maximum Gasteiger partial charge on any atom is 0.0305 e. The second-order valence-corrected chi connectivity index (χ2v) is 3.58. The fourth-order valence-corrected chi connectivity index (χ4v) is 0.737. The second kappa shape index (κ2) is 12.5. The first-order valence-corrected chi connectivity index (χ1v) is 4.16. The van der Waals surface area contributed by atoms with Gasteiger partial charge in [-0.15, -0.1) is 0 Å². The van der Waals surface area contributed by atoms with Crippen LogP contribution in [0.25, 0.3) is 0 Å². The molecule has 12 heavy (non-hydrogen) atoms. The third kappa shape index (κ3) is 17.5. The molecule has 2 nitrogen and oxygen atoms in total. The van der Waals surface area contributed by atoms with Crippen molar-refractivity contribution in [1.29, 1.82) is 0 Å². The molecule has 0 rings (SSSR count). The minimum absolute atomic E-state index is 0. The van der Waals surface area contributed by atoms with Gasteiger partial charge in [-0.3, -0.25) is 0 Å². The Bertz CT molecular complexity index is 127. The molecule has 0 unspecified atom stereocenters. The molecular weight excluding hydrogens is 335 g/mol. The summed E-state index contributed by atoms with van der Waals surface area (Å²) in [5.74, 6) is 0. The SMILES string of the molecule is S=C([S-])NCCNC(=S)[S-].[Zn].[Zn]. The van der Waals surface area contributed by atoms with E-state index in [1.165, 1.54) is 0 Å². The fraction of sp³-hybridized carbons (Fsp3) is 0.500. The van der Waals surface area contributed by atoms with E-state index in [1.54, 1.807) is 0 Å². The number of hydrogen-bond donors (Lipinski definition) is 2. The van der Waals surface area contributed by atoms with Crippen LogP contribution in [0.1, 0.15) is 0 Å². The van der Waals surface area contributed by atoms with Crippen LogP contribution < -0.4 is 10.6 Å². The predicted molar refractivity (Wildman–Crippen MR) is 55.9 cm³/mol. The smallest absolute Gasteiger partial charge is 0.0305 e. The van der Waals surface area contributed by atoms with Gasteiger partial charge in [0.05, 0.1) is 0 Å². The summed E-state index contributed by atoms with van der Waals surface area (Å²) >= 11 is 18.4. The molecule has 2 N–H and O–H groups in total.